The van der Waals surface area contributed by atoms with Crippen LogP contribution in [-0.2, 0) is 0 Å². The van der Waals surface area contributed by atoms with Crippen LogP contribution < -0.4 is 4.90 Å². The fourth-order valence-corrected chi connectivity index (χ4v) is 2.29. The van der Waals surface area contributed by atoms with E-state index in [-0.39, 0.29) is 5.38 Å². The van der Waals surface area contributed by atoms with Crippen molar-refractivity contribution in [2.24, 2.45) is 5.92 Å². The van der Waals surface area contributed by atoms with E-state index in [1.165, 1.54) is 0 Å². The van der Waals surface area contributed by atoms with Crippen molar-refractivity contribution < 1.29 is 0 Å². The lowest BCUT2D eigenvalue weighted by Crippen LogP contribution is -2.21. The van der Waals surface area contributed by atoms with Crippen LogP contribution in [0.15, 0.2) is 16.6 Å². The van der Waals surface area contributed by atoms with Crippen LogP contribution in [0.3, 0.4) is 0 Å². The fraction of sp³-hybridized carbons (Fsp3) is 0.545. The monoisotopic (exact) mass is 288 g/mol. The first-order valence-corrected chi connectivity index (χ1v) is 6.33. The average Bonchev–Trinajstić information content (AvgIpc) is 2.52. The molecule has 2 atom stereocenters. The first-order chi connectivity index (χ1) is 7.08. The summed E-state index contributed by atoms with van der Waals surface area (Å²) in [5, 5.41) is 0.246. The van der Waals surface area contributed by atoms with Gasteiger partial charge in [0.2, 0.25) is 0 Å². The van der Waals surface area contributed by atoms with Crippen LogP contribution in [0.1, 0.15) is 12.6 Å². The molecule has 0 spiro atoms. The van der Waals surface area contributed by atoms with Gasteiger partial charge >= 0.3 is 0 Å². The van der Waals surface area contributed by atoms with Gasteiger partial charge in [-0.2, -0.15) is 0 Å². The van der Waals surface area contributed by atoms with Gasteiger partial charge in [0, 0.05) is 17.6 Å². The Bertz CT molecular complexity index is 360. The summed E-state index contributed by atoms with van der Waals surface area (Å²) < 4.78 is 1.06. The van der Waals surface area contributed by atoms with Gasteiger partial charge in [-0.05, 0) is 40.9 Å². The van der Waals surface area contributed by atoms with Gasteiger partial charge in [-0.15, -0.1) is 11.6 Å². The standard InChI is InChI=1S/C11H14BrClN2/c1-7-5-15(6-10(7)13)11-4-3-9(12)8(2)14-11/h3-4,7,10H,5-6H2,1-2H3. The van der Waals surface area contributed by atoms with E-state index in [1.807, 2.05) is 19.1 Å². The zero-order chi connectivity index (χ0) is 11.0. The normalized spacial score (nSPS) is 26.0. The van der Waals surface area contributed by atoms with Gasteiger partial charge in [0.05, 0.1) is 11.1 Å². The summed E-state index contributed by atoms with van der Waals surface area (Å²) in [4.78, 5) is 6.80. The van der Waals surface area contributed by atoms with Crippen molar-refractivity contribution >= 4 is 33.3 Å². The smallest absolute Gasteiger partial charge is 0.128 e. The Kier molecular flexibility index (Phi) is 3.21. The molecule has 1 aromatic heterocycles. The Hall–Kier alpha value is -0.280. The van der Waals surface area contributed by atoms with E-state index in [0.29, 0.717) is 5.92 Å². The Balaban J connectivity index is 2.20. The van der Waals surface area contributed by atoms with Gasteiger partial charge in [-0.1, -0.05) is 6.92 Å². The number of halogens is 2. The van der Waals surface area contributed by atoms with Gasteiger partial charge in [0.15, 0.2) is 0 Å². The van der Waals surface area contributed by atoms with Gasteiger partial charge in [-0.25, -0.2) is 4.98 Å². The highest BCUT2D eigenvalue weighted by Crippen LogP contribution is 2.27. The molecule has 2 unspecified atom stereocenters. The SMILES string of the molecule is Cc1nc(N2CC(C)C(Cl)C2)ccc1Br. The summed E-state index contributed by atoms with van der Waals surface area (Å²) in [5.41, 5.74) is 1.03. The van der Waals surface area contributed by atoms with Crippen molar-refractivity contribution in [2.45, 2.75) is 19.2 Å². The molecule has 2 nitrogen and oxygen atoms in total. The molecule has 2 rings (SSSR count). The maximum Gasteiger partial charge on any atom is 0.128 e. The highest BCUT2D eigenvalue weighted by Gasteiger charge is 2.28. The number of aryl methyl sites for hydroxylation is 1. The summed E-state index contributed by atoms with van der Waals surface area (Å²) in [6, 6.07) is 4.09. The van der Waals surface area contributed by atoms with E-state index in [0.717, 1.165) is 29.1 Å². The predicted molar refractivity (Wildman–Crippen MR) is 67.7 cm³/mol. The second-order valence-electron chi connectivity index (χ2n) is 4.13. The third-order valence-electron chi connectivity index (χ3n) is 2.85. The highest BCUT2D eigenvalue weighted by molar-refractivity contribution is 9.10. The molecular weight excluding hydrogens is 275 g/mol. The third kappa shape index (κ3) is 2.28. The molecule has 1 aliphatic heterocycles. The van der Waals surface area contributed by atoms with E-state index in [1.54, 1.807) is 0 Å². The Morgan fingerprint density at radius 2 is 2.20 bits per heavy atom. The first kappa shape index (κ1) is 11.2. The molecule has 0 aromatic carbocycles. The zero-order valence-corrected chi connectivity index (χ0v) is 11.2. The number of aromatic nitrogens is 1. The summed E-state index contributed by atoms with van der Waals surface area (Å²) in [6.07, 6.45) is 0. The largest absolute Gasteiger partial charge is 0.355 e. The topological polar surface area (TPSA) is 16.1 Å². The Morgan fingerprint density at radius 1 is 1.47 bits per heavy atom. The van der Waals surface area contributed by atoms with Crippen LogP contribution in [0.25, 0.3) is 0 Å². The van der Waals surface area contributed by atoms with Crippen LogP contribution in [-0.4, -0.2) is 23.5 Å². The molecular formula is C11H14BrClN2. The van der Waals surface area contributed by atoms with E-state index in [2.05, 4.69) is 32.7 Å². The minimum atomic E-state index is 0.246. The molecule has 2 heterocycles. The first-order valence-electron chi connectivity index (χ1n) is 5.10. The lowest BCUT2D eigenvalue weighted by molar-refractivity contribution is 0.666. The quantitative estimate of drug-likeness (QED) is 0.738. The molecule has 0 radical (unpaired) electrons. The van der Waals surface area contributed by atoms with Crippen LogP contribution >= 0.6 is 27.5 Å². The van der Waals surface area contributed by atoms with Crippen molar-refractivity contribution in [2.75, 3.05) is 18.0 Å². The number of alkyl halides is 1. The van der Waals surface area contributed by atoms with E-state index >= 15 is 0 Å². The highest BCUT2D eigenvalue weighted by atomic mass is 79.9. The minimum absolute atomic E-state index is 0.246. The van der Waals surface area contributed by atoms with Gasteiger partial charge in [-0.3, -0.25) is 0 Å². The number of rotatable bonds is 1. The van der Waals surface area contributed by atoms with E-state index in [4.69, 9.17) is 11.6 Å². The summed E-state index contributed by atoms with van der Waals surface area (Å²) in [7, 11) is 0. The van der Waals surface area contributed by atoms with Crippen LogP contribution in [0.2, 0.25) is 0 Å². The molecule has 1 fully saturated rings. The van der Waals surface area contributed by atoms with Crippen molar-refractivity contribution in [3.05, 3.63) is 22.3 Å². The Labute approximate surface area is 104 Å². The number of anilines is 1. The molecule has 82 valence electrons. The van der Waals surface area contributed by atoms with Gasteiger partial charge < -0.3 is 4.90 Å². The predicted octanol–water partition coefficient (Wildman–Crippen LogP) is 3.22. The molecule has 4 heteroatoms. The van der Waals surface area contributed by atoms with Crippen molar-refractivity contribution in [3.8, 4) is 0 Å². The molecule has 0 saturated carbocycles. The summed E-state index contributed by atoms with van der Waals surface area (Å²) >= 11 is 9.65. The molecule has 1 saturated heterocycles. The molecule has 0 aliphatic carbocycles. The number of pyridine rings is 1. The minimum Gasteiger partial charge on any atom is -0.355 e. The van der Waals surface area contributed by atoms with Crippen molar-refractivity contribution in [3.63, 3.8) is 0 Å². The summed E-state index contributed by atoms with van der Waals surface area (Å²) in [6.45, 7) is 6.09. The maximum atomic E-state index is 6.20. The van der Waals surface area contributed by atoms with Crippen molar-refractivity contribution in [1.29, 1.82) is 0 Å². The maximum absolute atomic E-state index is 6.20. The lowest BCUT2D eigenvalue weighted by Gasteiger charge is -2.17. The van der Waals surface area contributed by atoms with Crippen LogP contribution in [0.5, 0.6) is 0 Å². The second-order valence-corrected chi connectivity index (χ2v) is 5.55. The van der Waals surface area contributed by atoms with Gasteiger partial charge in [0.1, 0.15) is 5.82 Å². The van der Waals surface area contributed by atoms with Crippen molar-refractivity contribution in [1.82, 2.24) is 4.98 Å². The number of hydrogen-bond donors (Lipinski definition) is 0. The fourth-order valence-electron chi connectivity index (χ4n) is 1.82. The van der Waals surface area contributed by atoms with Crippen LogP contribution in [0, 0.1) is 12.8 Å². The zero-order valence-electron chi connectivity index (χ0n) is 8.87. The number of nitrogens with zero attached hydrogens (tertiary/aromatic N) is 2. The summed E-state index contributed by atoms with van der Waals surface area (Å²) in [5.74, 6) is 1.57. The average molecular weight is 290 g/mol. The van der Waals surface area contributed by atoms with Crippen LogP contribution in [0.4, 0.5) is 5.82 Å². The molecule has 0 N–H and O–H groups in total. The molecule has 0 bridgehead atoms. The third-order valence-corrected chi connectivity index (χ3v) is 4.26. The molecule has 1 aliphatic rings. The molecule has 0 amide bonds. The van der Waals surface area contributed by atoms with Gasteiger partial charge in [0.25, 0.3) is 0 Å². The van der Waals surface area contributed by atoms with E-state index < -0.39 is 0 Å². The molecule has 1 aromatic rings. The Morgan fingerprint density at radius 3 is 2.73 bits per heavy atom. The lowest BCUT2D eigenvalue weighted by atomic mass is 10.2. The molecule has 15 heavy (non-hydrogen) atoms. The second kappa shape index (κ2) is 4.30. The van der Waals surface area contributed by atoms with E-state index in [9.17, 15) is 0 Å². The number of hydrogen-bond acceptors (Lipinski definition) is 2.